The van der Waals surface area contributed by atoms with Gasteiger partial charge in [0.25, 0.3) is 5.91 Å². The van der Waals surface area contributed by atoms with Gasteiger partial charge in [0, 0.05) is 49.5 Å². The molecule has 2 heterocycles. The first kappa shape index (κ1) is 20.8. The van der Waals surface area contributed by atoms with Crippen LogP contribution in [0.2, 0.25) is 0 Å². The summed E-state index contributed by atoms with van der Waals surface area (Å²) in [7, 11) is 5.07. The van der Waals surface area contributed by atoms with E-state index in [-0.39, 0.29) is 22.9 Å². The molecule has 0 bridgehead atoms. The van der Waals surface area contributed by atoms with Crippen LogP contribution in [0.15, 0.2) is 53.5 Å². The number of benzene rings is 2. The van der Waals surface area contributed by atoms with Crippen molar-refractivity contribution in [2.24, 2.45) is 7.05 Å². The maximum Gasteiger partial charge on any atom is 0.259 e. The Kier molecular flexibility index (Phi) is 5.84. The van der Waals surface area contributed by atoms with E-state index in [1.54, 1.807) is 31.4 Å². The molecular formula is C24H27N3O4. The van der Waals surface area contributed by atoms with Crippen LogP contribution in [0.5, 0.6) is 11.5 Å². The van der Waals surface area contributed by atoms with Gasteiger partial charge >= 0.3 is 0 Å². The quantitative estimate of drug-likeness (QED) is 0.685. The van der Waals surface area contributed by atoms with Crippen LogP contribution in [-0.2, 0) is 7.05 Å². The van der Waals surface area contributed by atoms with Crippen LogP contribution in [0.3, 0.4) is 0 Å². The number of aromatic nitrogens is 1. The number of methoxy groups -OCH3 is 2. The Morgan fingerprint density at radius 2 is 1.87 bits per heavy atom. The molecule has 2 aromatic carbocycles. The molecule has 0 aliphatic carbocycles. The molecule has 1 fully saturated rings. The number of likely N-dealkylation sites (tertiary alicyclic amines) is 1. The third-order valence-electron chi connectivity index (χ3n) is 5.79. The van der Waals surface area contributed by atoms with Crippen molar-refractivity contribution in [1.82, 2.24) is 9.47 Å². The minimum Gasteiger partial charge on any atom is -0.493 e. The zero-order valence-electron chi connectivity index (χ0n) is 18.1. The molecule has 0 saturated carbocycles. The van der Waals surface area contributed by atoms with Gasteiger partial charge in [-0.3, -0.25) is 9.59 Å². The van der Waals surface area contributed by atoms with Crippen LogP contribution in [0.25, 0.3) is 10.9 Å². The van der Waals surface area contributed by atoms with E-state index in [1.807, 2.05) is 48.0 Å². The lowest BCUT2D eigenvalue weighted by molar-refractivity contribution is 0.0713. The molecule has 0 radical (unpaired) electrons. The minimum atomic E-state index is -0.217. The molecule has 1 unspecified atom stereocenters. The number of anilines is 1. The van der Waals surface area contributed by atoms with Gasteiger partial charge in [-0.25, -0.2) is 0 Å². The Balaban J connectivity index is 1.54. The highest BCUT2D eigenvalue weighted by Crippen LogP contribution is 2.30. The van der Waals surface area contributed by atoms with E-state index in [1.165, 1.54) is 0 Å². The normalized spacial score (nSPS) is 16.2. The van der Waals surface area contributed by atoms with Crippen LogP contribution in [0.4, 0.5) is 5.69 Å². The number of nitrogens with one attached hydrogen (secondary N) is 1. The standard InChI is InChI=1S/C24H27N3O4/c1-26-15-19(23(28)18-8-4-5-9-20(18)26)24(29)27-12-6-7-17(14-27)25-16-10-11-21(30-2)22(13-16)31-3/h4-5,8-11,13,15,17,25H,6-7,12,14H2,1-3H3. The van der Waals surface area contributed by atoms with Crippen molar-refractivity contribution in [2.45, 2.75) is 18.9 Å². The summed E-state index contributed by atoms with van der Waals surface area (Å²) < 4.78 is 12.5. The summed E-state index contributed by atoms with van der Waals surface area (Å²) in [5, 5.41) is 4.05. The number of aryl methyl sites for hydroxylation is 1. The van der Waals surface area contributed by atoms with E-state index in [4.69, 9.17) is 9.47 Å². The van der Waals surface area contributed by atoms with Crippen LogP contribution in [0.1, 0.15) is 23.2 Å². The SMILES string of the molecule is COc1ccc(NC2CCCN(C(=O)c3cn(C)c4ccccc4c3=O)C2)cc1OC. The second kappa shape index (κ2) is 8.71. The molecular weight excluding hydrogens is 394 g/mol. The monoisotopic (exact) mass is 421 g/mol. The second-order valence-corrected chi connectivity index (χ2v) is 7.80. The highest BCUT2D eigenvalue weighted by molar-refractivity contribution is 5.97. The van der Waals surface area contributed by atoms with Crippen LogP contribution < -0.4 is 20.2 Å². The highest BCUT2D eigenvalue weighted by atomic mass is 16.5. The molecule has 162 valence electrons. The Labute approximate surface area is 181 Å². The smallest absolute Gasteiger partial charge is 0.259 e. The fraction of sp³-hybridized carbons (Fsp3) is 0.333. The lowest BCUT2D eigenvalue weighted by Gasteiger charge is -2.34. The Morgan fingerprint density at radius 3 is 2.65 bits per heavy atom. The maximum atomic E-state index is 13.2. The van der Waals surface area contributed by atoms with E-state index in [9.17, 15) is 9.59 Å². The van der Waals surface area contributed by atoms with Gasteiger partial charge in [0.1, 0.15) is 5.56 Å². The number of amides is 1. The number of carbonyl (C=O) groups excluding carboxylic acids is 1. The number of para-hydroxylation sites is 1. The van der Waals surface area contributed by atoms with Gasteiger partial charge in [-0.05, 0) is 37.1 Å². The van der Waals surface area contributed by atoms with Crippen molar-refractivity contribution in [3.63, 3.8) is 0 Å². The zero-order chi connectivity index (χ0) is 22.0. The van der Waals surface area contributed by atoms with Gasteiger partial charge in [-0.1, -0.05) is 12.1 Å². The van der Waals surface area contributed by atoms with E-state index in [0.717, 1.165) is 24.0 Å². The number of carbonyl (C=O) groups is 1. The largest absolute Gasteiger partial charge is 0.493 e. The average molecular weight is 421 g/mol. The number of piperidine rings is 1. The Bertz CT molecular complexity index is 1170. The molecule has 1 N–H and O–H groups in total. The van der Waals surface area contributed by atoms with Crippen LogP contribution >= 0.6 is 0 Å². The summed E-state index contributed by atoms with van der Waals surface area (Å²) in [6.07, 6.45) is 3.46. The summed E-state index contributed by atoms with van der Waals surface area (Å²) in [6.45, 7) is 1.17. The van der Waals surface area contributed by atoms with Gasteiger partial charge in [-0.15, -0.1) is 0 Å². The van der Waals surface area contributed by atoms with Gasteiger partial charge in [0.15, 0.2) is 11.5 Å². The van der Waals surface area contributed by atoms with Crippen molar-refractivity contribution in [3.05, 3.63) is 64.4 Å². The van der Waals surface area contributed by atoms with Gasteiger partial charge in [0.05, 0.1) is 19.7 Å². The minimum absolute atomic E-state index is 0.0834. The van der Waals surface area contributed by atoms with Crippen LogP contribution in [0, 0.1) is 0 Å². The summed E-state index contributed by atoms with van der Waals surface area (Å²) in [5.74, 6) is 1.10. The molecule has 0 spiro atoms. The summed E-state index contributed by atoms with van der Waals surface area (Å²) in [6, 6.07) is 13.1. The van der Waals surface area contributed by atoms with Crippen molar-refractivity contribution < 1.29 is 14.3 Å². The highest BCUT2D eigenvalue weighted by Gasteiger charge is 2.27. The second-order valence-electron chi connectivity index (χ2n) is 7.80. The number of nitrogens with zero attached hydrogens (tertiary/aromatic N) is 2. The number of hydrogen-bond acceptors (Lipinski definition) is 5. The molecule has 1 aliphatic rings. The number of ether oxygens (including phenoxy) is 2. The van der Waals surface area contributed by atoms with Crippen molar-refractivity contribution in [1.29, 1.82) is 0 Å². The summed E-state index contributed by atoms with van der Waals surface area (Å²) in [4.78, 5) is 28.0. The van der Waals surface area contributed by atoms with Crippen molar-refractivity contribution >= 4 is 22.5 Å². The molecule has 1 saturated heterocycles. The predicted octanol–water partition coefficient (Wildman–Crippen LogP) is 3.27. The van der Waals surface area contributed by atoms with Gasteiger partial charge in [0.2, 0.25) is 5.43 Å². The lowest BCUT2D eigenvalue weighted by atomic mass is 10.0. The topological polar surface area (TPSA) is 72.8 Å². The van der Waals surface area contributed by atoms with Gasteiger partial charge in [-0.2, -0.15) is 0 Å². The molecule has 1 aromatic heterocycles. The first-order valence-corrected chi connectivity index (χ1v) is 10.4. The third-order valence-corrected chi connectivity index (χ3v) is 5.79. The third kappa shape index (κ3) is 4.08. The number of pyridine rings is 1. The molecule has 1 amide bonds. The molecule has 7 nitrogen and oxygen atoms in total. The first-order chi connectivity index (χ1) is 15.0. The molecule has 7 heteroatoms. The molecule has 3 aromatic rings. The zero-order valence-corrected chi connectivity index (χ0v) is 18.1. The first-order valence-electron chi connectivity index (χ1n) is 10.4. The maximum absolute atomic E-state index is 13.2. The Morgan fingerprint density at radius 1 is 1.10 bits per heavy atom. The van der Waals surface area contributed by atoms with Crippen molar-refractivity contribution in [3.8, 4) is 11.5 Å². The van der Waals surface area contributed by atoms with Gasteiger partial charge < -0.3 is 24.3 Å². The summed E-state index contributed by atoms with van der Waals surface area (Å²) in [5.41, 5.74) is 1.72. The summed E-state index contributed by atoms with van der Waals surface area (Å²) >= 11 is 0. The van der Waals surface area contributed by atoms with E-state index in [2.05, 4.69) is 5.32 Å². The molecule has 1 atom stereocenters. The fourth-order valence-corrected chi connectivity index (χ4v) is 4.20. The van der Waals surface area contributed by atoms with E-state index < -0.39 is 0 Å². The fourth-order valence-electron chi connectivity index (χ4n) is 4.20. The molecule has 4 rings (SSSR count). The van der Waals surface area contributed by atoms with Crippen molar-refractivity contribution in [2.75, 3.05) is 32.6 Å². The van der Waals surface area contributed by atoms with E-state index in [0.29, 0.717) is 30.0 Å². The lowest BCUT2D eigenvalue weighted by Crippen LogP contribution is -2.46. The molecule has 31 heavy (non-hydrogen) atoms. The van der Waals surface area contributed by atoms with E-state index >= 15 is 0 Å². The average Bonchev–Trinajstić information content (AvgIpc) is 2.81. The predicted molar refractivity (Wildman–Crippen MR) is 121 cm³/mol. The number of fused-ring (bicyclic) bond motifs is 1. The number of hydrogen-bond donors (Lipinski definition) is 1. The number of rotatable bonds is 5. The van der Waals surface area contributed by atoms with Crippen LogP contribution in [-0.4, -0.2) is 48.7 Å². The molecule has 1 aliphatic heterocycles. The Hall–Kier alpha value is -3.48.